The monoisotopic (exact) mass is 518 g/mol. The average Bonchev–Trinajstić information content (AvgIpc) is 3.01. The molecular weight excluding hydrogens is 496 g/mol. The third-order valence-electron chi connectivity index (χ3n) is 7.19. The minimum absolute atomic E-state index is 0.693. The molecule has 1 aromatic heterocycles. The summed E-state index contributed by atoms with van der Waals surface area (Å²) >= 11 is 6.57. The largest absolute Gasteiger partial charge is 0.228 e. The van der Waals surface area contributed by atoms with Crippen LogP contribution in [0.1, 0.15) is 0 Å². The lowest BCUT2D eigenvalue weighted by Crippen LogP contribution is -1.97. The SMILES string of the molecule is Clc1ccc(-c2cc(-c3ccc(-c4ccccc4)c4ccccc34)nc(-c3ccccc3)n2)c2ccccc12. The van der Waals surface area contributed by atoms with Crippen molar-refractivity contribution in [1.29, 1.82) is 0 Å². The average molecular weight is 519 g/mol. The van der Waals surface area contributed by atoms with Crippen molar-refractivity contribution >= 4 is 33.1 Å². The molecule has 39 heavy (non-hydrogen) atoms. The molecule has 184 valence electrons. The maximum Gasteiger partial charge on any atom is 0.160 e. The summed E-state index contributed by atoms with van der Waals surface area (Å²) in [7, 11) is 0. The molecule has 7 rings (SSSR count). The van der Waals surface area contributed by atoms with Crippen LogP contribution in [0.25, 0.3) is 66.6 Å². The first kappa shape index (κ1) is 23.3. The molecule has 0 N–H and O–H groups in total. The Balaban J connectivity index is 1.50. The van der Waals surface area contributed by atoms with Gasteiger partial charge < -0.3 is 0 Å². The van der Waals surface area contributed by atoms with Crippen molar-refractivity contribution < 1.29 is 0 Å². The summed E-state index contributed by atoms with van der Waals surface area (Å²) in [5, 5.41) is 5.16. The lowest BCUT2D eigenvalue weighted by molar-refractivity contribution is 1.19. The lowest BCUT2D eigenvalue weighted by Gasteiger charge is -2.14. The second-order valence-corrected chi connectivity index (χ2v) is 9.95. The van der Waals surface area contributed by atoms with Gasteiger partial charge in [0.2, 0.25) is 0 Å². The molecule has 0 spiro atoms. The molecule has 6 aromatic carbocycles. The van der Waals surface area contributed by atoms with Gasteiger partial charge in [0.1, 0.15) is 0 Å². The molecule has 2 nitrogen and oxygen atoms in total. The van der Waals surface area contributed by atoms with Crippen LogP contribution >= 0.6 is 11.6 Å². The van der Waals surface area contributed by atoms with Gasteiger partial charge in [-0.1, -0.05) is 139 Å². The van der Waals surface area contributed by atoms with Gasteiger partial charge in [0, 0.05) is 27.1 Å². The van der Waals surface area contributed by atoms with Crippen molar-refractivity contribution in [3.8, 4) is 45.0 Å². The van der Waals surface area contributed by atoms with Gasteiger partial charge in [0.25, 0.3) is 0 Å². The zero-order chi connectivity index (χ0) is 26.2. The number of fused-ring (bicyclic) bond motifs is 2. The molecule has 0 saturated carbocycles. The second kappa shape index (κ2) is 9.83. The van der Waals surface area contributed by atoms with Gasteiger partial charge in [-0.25, -0.2) is 9.97 Å². The molecule has 0 amide bonds. The molecule has 0 bridgehead atoms. The van der Waals surface area contributed by atoms with Crippen LogP contribution in [0.4, 0.5) is 0 Å². The van der Waals surface area contributed by atoms with Crippen LogP contribution in [0, 0.1) is 0 Å². The van der Waals surface area contributed by atoms with E-state index >= 15 is 0 Å². The predicted molar refractivity (Wildman–Crippen MR) is 164 cm³/mol. The van der Waals surface area contributed by atoms with Crippen LogP contribution in [0.3, 0.4) is 0 Å². The Morgan fingerprint density at radius 2 is 0.821 bits per heavy atom. The van der Waals surface area contributed by atoms with Gasteiger partial charge in [-0.2, -0.15) is 0 Å². The van der Waals surface area contributed by atoms with Gasteiger partial charge in [-0.05, 0) is 39.4 Å². The Morgan fingerprint density at radius 1 is 0.385 bits per heavy atom. The molecular formula is C36H23ClN2. The van der Waals surface area contributed by atoms with Gasteiger partial charge >= 0.3 is 0 Å². The van der Waals surface area contributed by atoms with E-state index in [0.29, 0.717) is 5.82 Å². The number of rotatable bonds is 4. The van der Waals surface area contributed by atoms with Crippen LogP contribution in [0.15, 0.2) is 140 Å². The molecule has 0 fully saturated rings. The van der Waals surface area contributed by atoms with E-state index in [9.17, 15) is 0 Å². The molecule has 3 heteroatoms. The van der Waals surface area contributed by atoms with Gasteiger partial charge in [0.05, 0.1) is 11.4 Å². The first-order valence-electron chi connectivity index (χ1n) is 13.0. The summed E-state index contributed by atoms with van der Waals surface area (Å²) in [5.74, 6) is 0.693. The van der Waals surface area contributed by atoms with E-state index in [4.69, 9.17) is 21.6 Å². The van der Waals surface area contributed by atoms with Crippen molar-refractivity contribution in [2.45, 2.75) is 0 Å². The van der Waals surface area contributed by atoms with Gasteiger partial charge in [-0.15, -0.1) is 0 Å². The van der Waals surface area contributed by atoms with Gasteiger partial charge in [0.15, 0.2) is 5.82 Å². The quantitative estimate of drug-likeness (QED) is 0.231. The summed E-state index contributed by atoms with van der Waals surface area (Å²) in [6.45, 7) is 0. The molecule has 7 aromatic rings. The number of hydrogen-bond donors (Lipinski definition) is 0. The summed E-state index contributed by atoms with van der Waals surface area (Å²) < 4.78 is 0. The molecule has 0 aliphatic rings. The number of nitrogens with zero attached hydrogens (tertiary/aromatic N) is 2. The fourth-order valence-electron chi connectivity index (χ4n) is 5.32. The Kier molecular flexibility index (Phi) is 5.88. The van der Waals surface area contributed by atoms with E-state index in [0.717, 1.165) is 49.3 Å². The Labute approximate surface area is 232 Å². The Bertz CT molecular complexity index is 1960. The fraction of sp³-hybridized carbons (Fsp3) is 0. The Hall–Kier alpha value is -4.79. The van der Waals surface area contributed by atoms with Crippen LogP contribution < -0.4 is 0 Å². The summed E-state index contributed by atoms with van der Waals surface area (Å²) in [4.78, 5) is 10.2. The van der Waals surface area contributed by atoms with Crippen molar-refractivity contribution in [3.05, 3.63) is 145 Å². The molecule has 1 heterocycles. The fourth-order valence-corrected chi connectivity index (χ4v) is 5.54. The zero-order valence-corrected chi connectivity index (χ0v) is 21.8. The van der Waals surface area contributed by atoms with E-state index in [1.54, 1.807) is 0 Å². The summed E-state index contributed by atoms with van der Waals surface area (Å²) in [6, 6.07) is 47.9. The molecule has 0 saturated heterocycles. The van der Waals surface area contributed by atoms with Crippen molar-refractivity contribution in [2.75, 3.05) is 0 Å². The van der Waals surface area contributed by atoms with Crippen LogP contribution in [0.5, 0.6) is 0 Å². The third-order valence-corrected chi connectivity index (χ3v) is 7.52. The molecule has 0 radical (unpaired) electrons. The third kappa shape index (κ3) is 4.25. The lowest BCUT2D eigenvalue weighted by atomic mass is 9.93. The van der Waals surface area contributed by atoms with E-state index in [-0.39, 0.29) is 0 Å². The van der Waals surface area contributed by atoms with E-state index in [2.05, 4.69) is 97.1 Å². The van der Waals surface area contributed by atoms with Crippen LogP contribution in [-0.2, 0) is 0 Å². The van der Waals surface area contributed by atoms with Crippen molar-refractivity contribution in [2.24, 2.45) is 0 Å². The first-order chi connectivity index (χ1) is 19.3. The highest BCUT2D eigenvalue weighted by atomic mass is 35.5. The highest BCUT2D eigenvalue weighted by molar-refractivity contribution is 6.36. The summed E-state index contributed by atoms with van der Waals surface area (Å²) in [5.41, 5.74) is 7.23. The standard InChI is InChI=1S/C36H23ClN2/c37-33-22-21-32(29-17-9-10-18-30(29)33)35-23-34(38-36(39-35)25-13-5-2-6-14-25)31-20-19-26(24-11-3-1-4-12-24)27-15-7-8-16-28(27)31/h1-23H. The zero-order valence-electron chi connectivity index (χ0n) is 21.1. The normalized spacial score (nSPS) is 11.2. The minimum Gasteiger partial charge on any atom is -0.228 e. The van der Waals surface area contributed by atoms with E-state index in [1.807, 2.05) is 42.5 Å². The Morgan fingerprint density at radius 3 is 1.44 bits per heavy atom. The first-order valence-corrected chi connectivity index (χ1v) is 13.3. The maximum absolute atomic E-state index is 6.57. The number of aromatic nitrogens is 2. The molecule has 0 atom stereocenters. The molecule has 0 unspecified atom stereocenters. The number of halogens is 1. The predicted octanol–water partition coefficient (Wildman–Crippen LogP) is 10.1. The summed E-state index contributed by atoms with van der Waals surface area (Å²) in [6.07, 6.45) is 0. The van der Waals surface area contributed by atoms with Crippen molar-refractivity contribution in [3.63, 3.8) is 0 Å². The second-order valence-electron chi connectivity index (χ2n) is 9.54. The van der Waals surface area contributed by atoms with Crippen molar-refractivity contribution in [1.82, 2.24) is 9.97 Å². The highest BCUT2D eigenvalue weighted by Gasteiger charge is 2.16. The number of hydrogen-bond acceptors (Lipinski definition) is 2. The number of benzene rings is 6. The van der Waals surface area contributed by atoms with Crippen LogP contribution in [0.2, 0.25) is 5.02 Å². The van der Waals surface area contributed by atoms with E-state index in [1.165, 1.54) is 16.5 Å². The smallest absolute Gasteiger partial charge is 0.160 e. The topological polar surface area (TPSA) is 25.8 Å². The van der Waals surface area contributed by atoms with Crippen LogP contribution in [-0.4, -0.2) is 9.97 Å². The molecule has 0 aliphatic heterocycles. The minimum atomic E-state index is 0.693. The van der Waals surface area contributed by atoms with E-state index < -0.39 is 0 Å². The highest BCUT2D eigenvalue weighted by Crippen LogP contribution is 2.38. The molecule has 0 aliphatic carbocycles. The van der Waals surface area contributed by atoms with Gasteiger partial charge in [-0.3, -0.25) is 0 Å². The maximum atomic E-state index is 6.57.